The minimum absolute atomic E-state index is 0.0459. The summed E-state index contributed by atoms with van der Waals surface area (Å²) < 4.78 is 2.12. The lowest BCUT2D eigenvalue weighted by atomic mass is 9.98. The number of aromatic nitrogens is 3. The maximum absolute atomic E-state index is 13.6. The first-order valence-electron chi connectivity index (χ1n) is 12.5. The maximum atomic E-state index is 13.6. The molecule has 0 spiro atoms. The van der Waals surface area contributed by atoms with E-state index in [4.69, 9.17) is 0 Å². The highest BCUT2D eigenvalue weighted by molar-refractivity contribution is 6.09. The number of benzene rings is 1. The number of carboxylic acids is 1. The second kappa shape index (κ2) is 10.4. The number of carbonyl (C=O) groups is 2. The number of pyridine rings is 2. The Balaban J connectivity index is 1.79. The fraction of sp³-hybridized carbons (Fsp3) is 0.310. The number of hydrogen-bond acceptors (Lipinski definition) is 4. The molecule has 3 heterocycles. The number of H-pyrrole nitrogens is 1. The van der Waals surface area contributed by atoms with Gasteiger partial charge in [0.2, 0.25) is 0 Å². The summed E-state index contributed by atoms with van der Waals surface area (Å²) in [5, 5.41) is 13.0. The van der Waals surface area contributed by atoms with E-state index in [9.17, 15) is 19.5 Å². The Hall–Kier alpha value is -4.20. The van der Waals surface area contributed by atoms with E-state index in [0.717, 1.165) is 46.1 Å². The number of nitrogens with zero attached hydrogens (tertiary/aromatic N) is 2. The van der Waals surface area contributed by atoms with Gasteiger partial charge < -0.3 is 20.0 Å². The van der Waals surface area contributed by atoms with Crippen LogP contribution in [0.4, 0.5) is 0 Å². The first kappa shape index (κ1) is 25.9. The number of amides is 1. The fourth-order valence-corrected chi connectivity index (χ4v) is 4.79. The van der Waals surface area contributed by atoms with Crippen molar-refractivity contribution in [2.24, 2.45) is 0 Å². The molecule has 4 aromatic rings. The van der Waals surface area contributed by atoms with E-state index in [1.807, 2.05) is 32.2 Å². The molecule has 0 saturated heterocycles. The third kappa shape index (κ3) is 5.18. The Morgan fingerprint density at radius 2 is 1.89 bits per heavy atom. The number of aromatic carboxylic acids is 1. The van der Waals surface area contributed by atoms with Crippen LogP contribution in [-0.2, 0) is 13.0 Å². The van der Waals surface area contributed by atoms with Crippen molar-refractivity contribution in [1.82, 2.24) is 19.9 Å². The molecule has 8 nitrogen and oxygen atoms in total. The Kier molecular flexibility index (Phi) is 7.29. The van der Waals surface area contributed by atoms with Gasteiger partial charge in [-0.2, -0.15) is 0 Å². The molecule has 37 heavy (non-hydrogen) atoms. The number of nitrogens with one attached hydrogen (secondary N) is 2. The van der Waals surface area contributed by atoms with Crippen LogP contribution in [0.3, 0.4) is 0 Å². The highest BCUT2D eigenvalue weighted by Crippen LogP contribution is 2.33. The summed E-state index contributed by atoms with van der Waals surface area (Å²) in [7, 11) is 0. The summed E-state index contributed by atoms with van der Waals surface area (Å²) in [6.45, 7) is 10.2. The minimum Gasteiger partial charge on any atom is -0.477 e. The molecular weight excluding hydrogens is 468 g/mol. The molecule has 0 bridgehead atoms. The van der Waals surface area contributed by atoms with Crippen molar-refractivity contribution in [2.75, 3.05) is 0 Å². The zero-order valence-electron chi connectivity index (χ0n) is 21.8. The lowest BCUT2D eigenvalue weighted by molar-refractivity contribution is 0.0690. The molecule has 0 radical (unpaired) electrons. The predicted molar refractivity (Wildman–Crippen MR) is 144 cm³/mol. The molecule has 1 amide bonds. The Bertz CT molecular complexity index is 1550. The van der Waals surface area contributed by atoms with Crippen LogP contribution >= 0.6 is 0 Å². The van der Waals surface area contributed by atoms with Crippen LogP contribution in [0.1, 0.15) is 76.5 Å². The number of aromatic amines is 1. The van der Waals surface area contributed by atoms with Crippen LogP contribution in [0.5, 0.6) is 0 Å². The standard InChI is InChI=1S/C29H32N4O4/c1-6-7-19-10-18(5)32-28(35)23(19)14-31-27(34)22-11-21(20-8-9-24(29(36)37)30-13-20)12-25-26(22)17(4)15-33(25)16(2)3/h8-13,15-16H,6-7,14H2,1-5H3,(H,31,34)(H,32,35)(H,36,37). The molecule has 3 aromatic heterocycles. The fourth-order valence-electron chi connectivity index (χ4n) is 4.79. The molecule has 0 unspecified atom stereocenters. The van der Waals surface area contributed by atoms with E-state index in [1.54, 1.807) is 12.1 Å². The number of rotatable bonds is 8. The lowest BCUT2D eigenvalue weighted by Gasteiger charge is -2.14. The van der Waals surface area contributed by atoms with E-state index in [-0.39, 0.29) is 29.7 Å². The molecular formula is C29H32N4O4. The van der Waals surface area contributed by atoms with Gasteiger partial charge in [-0.1, -0.05) is 19.4 Å². The largest absolute Gasteiger partial charge is 0.477 e. The highest BCUT2D eigenvalue weighted by Gasteiger charge is 2.20. The van der Waals surface area contributed by atoms with Crippen molar-refractivity contribution in [3.63, 3.8) is 0 Å². The molecule has 8 heteroatoms. The molecule has 0 aliphatic rings. The normalized spacial score (nSPS) is 11.3. The molecule has 0 aliphatic carbocycles. The van der Waals surface area contributed by atoms with Crippen LogP contribution in [0.15, 0.2) is 47.5 Å². The average Bonchev–Trinajstić information content (AvgIpc) is 3.19. The molecule has 0 aliphatic heterocycles. The van der Waals surface area contributed by atoms with Gasteiger partial charge in [-0.05, 0) is 75.1 Å². The van der Waals surface area contributed by atoms with Gasteiger partial charge in [0.15, 0.2) is 0 Å². The second-order valence-electron chi connectivity index (χ2n) is 9.69. The molecule has 0 fully saturated rings. The number of carbonyl (C=O) groups excluding carboxylic acids is 1. The van der Waals surface area contributed by atoms with Gasteiger partial charge in [-0.15, -0.1) is 0 Å². The Morgan fingerprint density at radius 1 is 1.14 bits per heavy atom. The number of hydrogen-bond donors (Lipinski definition) is 3. The number of fused-ring (bicyclic) bond motifs is 1. The van der Waals surface area contributed by atoms with Crippen LogP contribution in [-0.4, -0.2) is 31.5 Å². The van der Waals surface area contributed by atoms with Gasteiger partial charge >= 0.3 is 5.97 Å². The van der Waals surface area contributed by atoms with Crippen LogP contribution in [0.2, 0.25) is 0 Å². The van der Waals surface area contributed by atoms with E-state index < -0.39 is 5.97 Å². The summed E-state index contributed by atoms with van der Waals surface area (Å²) >= 11 is 0. The van der Waals surface area contributed by atoms with Crippen LogP contribution < -0.4 is 10.9 Å². The van der Waals surface area contributed by atoms with Crippen molar-refractivity contribution in [2.45, 2.75) is 60.0 Å². The average molecular weight is 501 g/mol. The van der Waals surface area contributed by atoms with Crippen molar-refractivity contribution in [3.8, 4) is 11.1 Å². The van der Waals surface area contributed by atoms with Crippen molar-refractivity contribution < 1.29 is 14.7 Å². The quantitative estimate of drug-likeness (QED) is 0.309. The zero-order chi connectivity index (χ0) is 26.9. The van der Waals surface area contributed by atoms with Crippen molar-refractivity contribution >= 4 is 22.8 Å². The molecule has 192 valence electrons. The first-order valence-corrected chi connectivity index (χ1v) is 12.5. The van der Waals surface area contributed by atoms with Gasteiger partial charge in [0.05, 0.1) is 0 Å². The van der Waals surface area contributed by atoms with Gasteiger partial charge in [-0.25, -0.2) is 9.78 Å². The maximum Gasteiger partial charge on any atom is 0.354 e. The zero-order valence-corrected chi connectivity index (χ0v) is 21.8. The lowest BCUT2D eigenvalue weighted by Crippen LogP contribution is -2.28. The topological polar surface area (TPSA) is 117 Å². The third-order valence-electron chi connectivity index (χ3n) is 6.55. The SMILES string of the molecule is CCCc1cc(C)[nH]c(=O)c1CNC(=O)c1cc(-c2ccc(C(=O)O)nc2)cc2c1c(C)cn2C(C)C. The van der Waals surface area contributed by atoms with E-state index in [2.05, 4.69) is 40.6 Å². The van der Waals surface area contributed by atoms with Gasteiger partial charge in [-0.3, -0.25) is 9.59 Å². The van der Waals surface area contributed by atoms with Gasteiger partial charge in [0.1, 0.15) is 5.69 Å². The highest BCUT2D eigenvalue weighted by atomic mass is 16.4. The summed E-state index contributed by atoms with van der Waals surface area (Å²) in [6, 6.07) is 9.08. The van der Waals surface area contributed by atoms with Gasteiger partial charge in [0.25, 0.3) is 11.5 Å². The minimum atomic E-state index is -1.10. The monoisotopic (exact) mass is 500 g/mol. The van der Waals surface area contributed by atoms with Crippen LogP contribution in [0, 0.1) is 13.8 Å². The molecule has 1 aromatic carbocycles. The van der Waals surface area contributed by atoms with E-state index in [1.165, 1.54) is 12.3 Å². The van der Waals surface area contributed by atoms with Crippen LogP contribution in [0.25, 0.3) is 22.0 Å². The molecule has 4 rings (SSSR count). The number of carboxylic acid groups (broad SMARTS) is 1. The predicted octanol–water partition coefficient (Wildman–Crippen LogP) is 5.17. The van der Waals surface area contributed by atoms with Crippen molar-refractivity contribution in [1.29, 1.82) is 0 Å². The number of aryl methyl sites for hydroxylation is 3. The summed E-state index contributed by atoms with van der Waals surface area (Å²) in [5.41, 5.74) is 5.89. The summed E-state index contributed by atoms with van der Waals surface area (Å²) in [4.78, 5) is 44.4. The molecule has 0 saturated carbocycles. The smallest absolute Gasteiger partial charge is 0.354 e. The second-order valence-corrected chi connectivity index (χ2v) is 9.69. The van der Waals surface area contributed by atoms with Crippen molar-refractivity contribution in [3.05, 3.63) is 86.7 Å². The Labute approximate surface area is 215 Å². The summed E-state index contributed by atoms with van der Waals surface area (Å²) in [6.07, 6.45) is 5.19. The van der Waals surface area contributed by atoms with E-state index >= 15 is 0 Å². The molecule has 0 atom stereocenters. The third-order valence-corrected chi connectivity index (χ3v) is 6.55. The van der Waals surface area contributed by atoms with E-state index in [0.29, 0.717) is 16.7 Å². The first-order chi connectivity index (χ1) is 17.6. The summed E-state index contributed by atoms with van der Waals surface area (Å²) in [5.74, 6) is -1.38. The van der Waals surface area contributed by atoms with Gasteiger partial charge in [0, 0.05) is 58.3 Å². The molecule has 3 N–H and O–H groups in total. The Morgan fingerprint density at radius 3 is 2.51 bits per heavy atom.